The summed E-state index contributed by atoms with van der Waals surface area (Å²) in [6.07, 6.45) is 8.58. The fourth-order valence-corrected chi connectivity index (χ4v) is 3.10. The SMILES string of the molecule is CN1C(=O)C2CC=CCC2(c2cccnc2)C1=O. The van der Waals surface area contributed by atoms with Crippen LogP contribution in [0.15, 0.2) is 36.7 Å². The van der Waals surface area contributed by atoms with Crippen molar-refractivity contribution in [3.8, 4) is 0 Å². The molecule has 18 heavy (non-hydrogen) atoms. The first-order chi connectivity index (χ1) is 8.68. The molecule has 2 unspecified atom stereocenters. The summed E-state index contributed by atoms with van der Waals surface area (Å²) in [5.74, 6) is -0.452. The van der Waals surface area contributed by atoms with Gasteiger partial charge in [0.25, 0.3) is 0 Å². The number of allylic oxidation sites excluding steroid dienone is 2. The number of amides is 2. The summed E-state index contributed by atoms with van der Waals surface area (Å²) >= 11 is 0. The zero-order valence-corrected chi connectivity index (χ0v) is 10.2. The van der Waals surface area contributed by atoms with Crippen molar-refractivity contribution >= 4 is 11.8 Å². The molecule has 2 aliphatic rings. The summed E-state index contributed by atoms with van der Waals surface area (Å²) in [6.45, 7) is 0. The molecular weight excluding hydrogens is 228 g/mol. The number of aromatic nitrogens is 1. The molecule has 1 fully saturated rings. The first-order valence-corrected chi connectivity index (χ1v) is 6.05. The van der Waals surface area contributed by atoms with E-state index in [0.717, 1.165) is 5.56 Å². The molecule has 0 saturated carbocycles. The molecule has 0 bridgehead atoms. The first-order valence-electron chi connectivity index (χ1n) is 6.05. The molecule has 2 atom stereocenters. The van der Waals surface area contributed by atoms with Gasteiger partial charge in [-0.3, -0.25) is 19.5 Å². The molecule has 0 radical (unpaired) electrons. The van der Waals surface area contributed by atoms with Crippen LogP contribution in [0.1, 0.15) is 18.4 Å². The predicted octanol–water partition coefficient (Wildman–Crippen LogP) is 1.28. The molecule has 1 aliphatic heterocycles. The summed E-state index contributed by atoms with van der Waals surface area (Å²) < 4.78 is 0. The molecule has 2 heterocycles. The standard InChI is InChI=1S/C14H14N2O2/c1-16-12(17)11-6-2-3-7-14(11,13(16)18)10-5-4-8-15-9-10/h2-5,8-9,11H,6-7H2,1H3. The normalized spacial score (nSPS) is 30.7. The zero-order chi connectivity index (χ0) is 12.8. The smallest absolute Gasteiger partial charge is 0.240 e. The van der Waals surface area contributed by atoms with E-state index in [1.165, 1.54) is 4.90 Å². The van der Waals surface area contributed by atoms with Crippen molar-refractivity contribution in [2.45, 2.75) is 18.3 Å². The van der Waals surface area contributed by atoms with Crippen LogP contribution in [0.2, 0.25) is 0 Å². The second-order valence-electron chi connectivity index (χ2n) is 4.88. The Labute approximate surface area is 105 Å². The lowest BCUT2D eigenvalue weighted by molar-refractivity contribution is -0.138. The second-order valence-corrected chi connectivity index (χ2v) is 4.88. The Hall–Kier alpha value is -1.97. The molecular formula is C14H14N2O2. The van der Waals surface area contributed by atoms with Gasteiger partial charge in [-0.1, -0.05) is 18.2 Å². The highest BCUT2D eigenvalue weighted by atomic mass is 16.2. The summed E-state index contributed by atoms with van der Waals surface area (Å²) in [5.41, 5.74) is 0.122. The van der Waals surface area contributed by atoms with E-state index < -0.39 is 5.41 Å². The molecule has 1 saturated heterocycles. The van der Waals surface area contributed by atoms with E-state index >= 15 is 0 Å². The van der Waals surface area contributed by atoms with Gasteiger partial charge in [0.15, 0.2) is 0 Å². The van der Waals surface area contributed by atoms with Crippen LogP contribution in [0, 0.1) is 5.92 Å². The average Bonchev–Trinajstić information content (AvgIpc) is 2.63. The molecule has 2 amide bonds. The molecule has 0 aromatic carbocycles. The van der Waals surface area contributed by atoms with Gasteiger partial charge in [-0.25, -0.2) is 0 Å². The lowest BCUT2D eigenvalue weighted by atomic mass is 9.66. The summed E-state index contributed by atoms with van der Waals surface area (Å²) in [4.78, 5) is 30.1. The van der Waals surface area contributed by atoms with E-state index in [4.69, 9.17) is 0 Å². The highest BCUT2D eigenvalue weighted by Crippen LogP contribution is 2.47. The zero-order valence-electron chi connectivity index (χ0n) is 10.2. The van der Waals surface area contributed by atoms with Crippen molar-refractivity contribution < 1.29 is 9.59 Å². The monoisotopic (exact) mass is 242 g/mol. The molecule has 1 aliphatic carbocycles. The highest BCUT2D eigenvalue weighted by molar-refractivity contribution is 6.10. The second kappa shape index (κ2) is 3.77. The molecule has 4 nitrogen and oxygen atoms in total. The third kappa shape index (κ3) is 1.23. The van der Waals surface area contributed by atoms with Crippen LogP contribution in [0.4, 0.5) is 0 Å². The quantitative estimate of drug-likeness (QED) is 0.550. The number of imide groups is 1. The average molecular weight is 242 g/mol. The number of fused-ring (bicyclic) bond motifs is 1. The van der Waals surface area contributed by atoms with Gasteiger partial charge in [-0.05, 0) is 24.5 Å². The van der Waals surface area contributed by atoms with Crippen LogP contribution < -0.4 is 0 Å². The maximum absolute atomic E-state index is 12.5. The molecule has 0 N–H and O–H groups in total. The lowest BCUT2D eigenvalue weighted by Crippen LogP contribution is -2.41. The molecule has 92 valence electrons. The molecule has 4 heteroatoms. The maximum atomic E-state index is 12.5. The topological polar surface area (TPSA) is 50.3 Å². The van der Waals surface area contributed by atoms with E-state index in [9.17, 15) is 9.59 Å². The van der Waals surface area contributed by atoms with Gasteiger partial charge in [0.05, 0.1) is 11.3 Å². The minimum Gasteiger partial charge on any atom is -0.285 e. The van der Waals surface area contributed by atoms with Crippen molar-refractivity contribution in [3.05, 3.63) is 42.2 Å². The minimum absolute atomic E-state index is 0.0757. The van der Waals surface area contributed by atoms with Crippen molar-refractivity contribution in [1.82, 2.24) is 9.88 Å². The van der Waals surface area contributed by atoms with Crippen molar-refractivity contribution in [1.29, 1.82) is 0 Å². The number of carbonyl (C=O) groups excluding carboxylic acids is 2. The number of rotatable bonds is 1. The largest absolute Gasteiger partial charge is 0.285 e. The molecule has 0 spiro atoms. The molecule has 1 aromatic heterocycles. The Kier molecular flexibility index (Phi) is 2.33. The third-order valence-electron chi connectivity index (χ3n) is 4.06. The van der Waals surface area contributed by atoms with Crippen molar-refractivity contribution in [2.75, 3.05) is 7.05 Å². The number of carbonyl (C=O) groups is 2. The lowest BCUT2D eigenvalue weighted by Gasteiger charge is -2.32. The van der Waals surface area contributed by atoms with Crippen molar-refractivity contribution in [3.63, 3.8) is 0 Å². The number of likely N-dealkylation sites (N-methyl/N-ethyl adjacent to an activating group) is 1. The number of hydrogen-bond donors (Lipinski definition) is 0. The summed E-state index contributed by atoms with van der Waals surface area (Å²) in [5, 5.41) is 0. The van der Waals surface area contributed by atoms with Crippen LogP contribution in [0.5, 0.6) is 0 Å². The Morgan fingerprint density at radius 1 is 1.39 bits per heavy atom. The van der Waals surface area contributed by atoms with Crippen LogP contribution >= 0.6 is 0 Å². The minimum atomic E-state index is -0.727. The Balaban J connectivity index is 2.20. The van der Waals surface area contributed by atoms with E-state index in [2.05, 4.69) is 4.98 Å². The van der Waals surface area contributed by atoms with Gasteiger partial charge >= 0.3 is 0 Å². The number of hydrogen-bond acceptors (Lipinski definition) is 3. The van der Waals surface area contributed by atoms with Gasteiger partial charge in [0.2, 0.25) is 11.8 Å². The third-order valence-corrected chi connectivity index (χ3v) is 4.06. The van der Waals surface area contributed by atoms with E-state index in [1.54, 1.807) is 19.4 Å². The number of pyridine rings is 1. The van der Waals surface area contributed by atoms with Crippen molar-refractivity contribution in [2.24, 2.45) is 5.92 Å². The fraction of sp³-hybridized carbons (Fsp3) is 0.357. The predicted molar refractivity (Wildman–Crippen MR) is 65.6 cm³/mol. The van der Waals surface area contributed by atoms with Crippen LogP contribution in [0.25, 0.3) is 0 Å². The molecule has 1 aromatic rings. The highest BCUT2D eigenvalue weighted by Gasteiger charge is 2.58. The van der Waals surface area contributed by atoms with Crippen LogP contribution in [-0.4, -0.2) is 28.7 Å². The number of likely N-dealkylation sites (tertiary alicyclic amines) is 1. The number of nitrogens with zero attached hydrogens (tertiary/aromatic N) is 2. The summed E-state index contributed by atoms with van der Waals surface area (Å²) in [7, 11) is 1.57. The Morgan fingerprint density at radius 3 is 2.94 bits per heavy atom. The van der Waals surface area contributed by atoms with Gasteiger partial charge in [0.1, 0.15) is 0 Å². The van der Waals surface area contributed by atoms with Gasteiger partial charge in [-0.2, -0.15) is 0 Å². The van der Waals surface area contributed by atoms with Crippen LogP contribution in [-0.2, 0) is 15.0 Å². The maximum Gasteiger partial charge on any atom is 0.240 e. The van der Waals surface area contributed by atoms with E-state index in [0.29, 0.717) is 12.8 Å². The van der Waals surface area contributed by atoms with Gasteiger partial charge < -0.3 is 0 Å². The van der Waals surface area contributed by atoms with E-state index in [1.807, 2.05) is 24.3 Å². The summed E-state index contributed by atoms with van der Waals surface area (Å²) in [6, 6.07) is 3.71. The first kappa shape index (κ1) is 11.1. The van der Waals surface area contributed by atoms with Crippen LogP contribution in [0.3, 0.4) is 0 Å². The Morgan fingerprint density at radius 2 is 2.22 bits per heavy atom. The van der Waals surface area contributed by atoms with Gasteiger partial charge in [-0.15, -0.1) is 0 Å². The Bertz CT molecular complexity index is 538. The molecule has 3 rings (SSSR count). The fourth-order valence-electron chi connectivity index (χ4n) is 3.10. The van der Waals surface area contributed by atoms with E-state index in [-0.39, 0.29) is 17.7 Å². The van der Waals surface area contributed by atoms with Gasteiger partial charge in [0, 0.05) is 19.4 Å².